The molecule has 146 valence electrons. The summed E-state index contributed by atoms with van der Waals surface area (Å²) >= 11 is 0. The van der Waals surface area contributed by atoms with E-state index in [1.165, 1.54) is 73.0 Å². The van der Waals surface area contributed by atoms with E-state index in [4.69, 9.17) is 9.52 Å². The number of rotatable bonds is 6. The summed E-state index contributed by atoms with van der Waals surface area (Å²) in [6, 6.07) is 13.8. The molecule has 0 bridgehead atoms. The zero-order valence-electron chi connectivity index (χ0n) is 14.9. The first kappa shape index (κ1) is 19.6. The van der Waals surface area contributed by atoms with E-state index >= 15 is 0 Å². The van der Waals surface area contributed by atoms with Crippen LogP contribution in [0.3, 0.4) is 0 Å². The molecule has 0 atom stereocenters. The van der Waals surface area contributed by atoms with Crippen molar-refractivity contribution in [3.8, 4) is 0 Å². The summed E-state index contributed by atoms with van der Waals surface area (Å²) in [7, 11) is 0. The minimum absolute atomic E-state index is 0.00798. The Balaban J connectivity index is 1.84. The topological polar surface area (TPSA) is 109 Å². The number of anilines is 1. The highest BCUT2D eigenvalue weighted by Gasteiger charge is 2.17. The van der Waals surface area contributed by atoms with Crippen molar-refractivity contribution in [1.82, 2.24) is 5.32 Å². The molecule has 2 aromatic carbocycles. The number of benzene rings is 2. The number of hydrogen-bond donors (Lipinski definition) is 3. The van der Waals surface area contributed by atoms with Gasteiger partial charge in [0.05, 0.1) is 11.8 Å². The van der Waals surface area contributed by atoms with E-state index in [2.05, 4.69) is 10.6 Å². The van der Waals surface area contributed by atoms with Crippen molar-refractivity contribution < 1.29 is 28.3 Å². The molecule has 0 radical (unpaired) electrons. The molecule has 0 aliphatic rings. The van der Waals surface area contributed by atoms with Gasteiger partial charge in [-0.25, -0.2) is 9.18 Å². The van der Waals surface area contributed by atoms with Crippen LogP contribution < -0.4 is 10.6 Å². The van der Waals surface area contributed by atoms with Gasteiger partial charge in [-0.2, -0.15) is 0 Å². The molecule has 0 aliphatic carbocycles. The van der Waals surface area contributed by atoms with Crippen LogP contribution in [0.15, 0.2) is 77.0 Å². The predicted molar refractivity (Wildman–Crippen MR) is 103 cm³/mol. The first-order valence-electron chi connectivity index (χ1n) is 8.39. The van der Waals surface area contributed by atoms with Crippen molar-refractivity contribution in [2.45, 2.75) is 0 Å². The molecule has 3 N–H and O–H groups in total. The van der Waals surface area contributed by atoms with Crippen molar-refractivity contribution in [2.75, 3.05) is 5.32 Å². The number of hydrogen-bond acceptors (Lipinski definition) is 4. The smallest absolute Gasteiger partial charge is 0.335 e. The number of halogens is 1. The van der Waals surface area contributed by atoms with Crippen LogP contribution in [0.5, 0.6) is 0 Å². The third-order valence-corrected chi connectivity index (χ3v) is 3.81. The predicted octanol–water partition coefficient (Wildman–Crippen LogP) is 3.53. The molecule has 0 saturated heterocycles. The highest BCUT2D eigenvalue weighted by molar-refractivity contribution is 6.10. The average Bonchev–Trinajstić information content (AvgIpc) is 3.24. The summed E-state index contributed by atoms with van der Waals surface area (Å²) in [5.74, 6) is -2.82. The fourth-order valence-corrected chi connectivity index (χ4v) is 2.37. The van der Waals surface area contributed by atoms with E-state index in [1.54, 1.807) is 0 Å². The molecule has 8 heteroatoms. The molecule has 2 amide bonds. The highest BCUT2D eigenvalue weighted by Crippen LogP contribution is 2.13. The highest BCUT2D eigenvalue weighted by atomic mass is 19.1. The van der Waals surface area contributed by atoms with Crippen molar-refractivity contribution in [3.63, 3.8) is 0 Å². The van der Waals surface area contributed by atoms with E-state index in [0.29, 0.717) is 11.3 Å². The fraction of sp³-hybridized carbons (Fsp3) is 0. The molecule has 29 heavy (non-hydrogen) atoms. The van der Waals surface area contributed by atoms with Gasteiger partial charge >= 0.3 is 5.97 Å². The second-order valence-corrected chi connectivity index (χ2v) is 5.88. The number of aromatic carboxylic acids is 1. The summed E-state index contributed by atoms with van der Waals surface area (Å²) in [5, 5.41) is 14.0. The lowest BCUT2D eigenvalue weighted by molar-refractivity contribution is -0.113. The molecule has 3 aromatic rings. The molecule has 1 heterocycles. The maximum Gasteiger partial charge on any atom is 0.335 e. The van der Waals surface area contributed by atoms with Gasteiger partial charge in [0, 0.05) is 5.69 Å². The van der Waals surface area contributed by atoms with Crippen molar-refractivity contribution in [1.29, 1.82) is 0 Å². The van der Waals surface area contributed by atoms with E-state index in [1.807, 2.05) is 0 Å². The van der Waals surface area contributed by atoms with Crippen LogP contribution in [0, 0.1) is 5.82 Å². The molecule has 0 spiro atoms. The fourth-order valence-electron chi connectivity index (χ4n) is 2.37. The van der Waals surface area contributed by atoms with E-state index < -0.39 is 23.6 Å². The summed E-state index contributed by atoms with van der Waals surface area (Å²) in [4.78, 5) is 35.9. The number of furan rings is 1. The standard InChI is InChI=1S/C21H15FN2O5/c22-15-7-3-13(4-8-15)12-17(24-20(26)18-2-1-11-29-18)19(25)23-16-9-5-14(6-10-16)21(27)28/h1-12H,(H,23,25)(H,24,26)(H,27,28)/b17-12+. The second kappa shape index (κ2) is 8.66. The minimum atomic E-state index is -1.09. The van der Waals surface area contributed by atoms with Gasteiger partial charge in [0.25, 0.3) is 11.8 Å². The number of amides is 2. The zero-order valence-corrected chi connectivity index (χ0v) is 14.9. The van der Waals surface area contributed by atoms with Gasteiger partial charge < -0.3 is 20.2 Å². The quantitative estimate of drug-likeness (QED) is 0.554. The van der Waals surface area contributed by atoms with E-state index in [0.717, 1.165) is 0 Å². The largest absolute Gasteiger partial charge is 0.478 e. The van der Waals surface area contributed by atoms with Crippen LogP contribution >= 0.6 is 0 Å². The maximum absolute atomic E-state index is 13.1. The Kier molecular flexibility index (Phi) is 5.84. The molecule has 0 aliphatic heterocycles. The first-order valence-corrected chi connectivity index (χ1v) is 8.39. The molecule has 7 nitrogen and oxygen atoms in total. The summed E-state index contributed by atoms with van der Waals surface area (Å²) in [6.45, 7) is 0. The number of carboxylic acid groups (broad SMARTS) is 1. The van der Waals surface area contributed by atoms with Gasteiger partial charge in [0.2, 0.25) is 0 Å². The van der Waals surface area contributed by atoms with Gasteiger partial charge in [0.1, 0.15) is 11.5 Å². The third-order valence-electron chi connectivity index (χ3n) is 3.81. The Morgan fingerprint density at radius 2 is 1.66 bits per heavy atom. The summed E-state index contributed by atoms with van der Waals surface area (Å²) in [6.07, 6.45) is 2.70. The first-order chi connectivity index (χ1) is 13.9. The Morgan fingerprint density at radius 3 is 2.24 bits per heavy atom. The van der Waals surface area contributed by atoms with Gasteiger partial charge in [0.15, 0.2) is 5.76 Å². The van der Waals surface area contributed by atoms with Gasteiger partial charge in [-0.15, -0.1) is 0 Å². The van der Waals surface area contributed by atoms with Crippen LogP contribution in [-0.4, -0.2) is 22.9 Å². The lowest BCUT2D eigenvalue weighted by Gasteiger charge is -2.11. The minimum Gasteiger partial charge on any atom is -0.478 e. The van der Waals surface area contributed by atoms with Gasteiger partial charge in [-0.3, -0.25) is 9.59 Å². The summed E-state index contributed by atoms with van der Waals surface area (Å²) in [5.41, 5.74) is 0.770. The van der Waals surface area contributed by atoms with Crippen LogP contribution in [-0.2, 0) is 4.79 Å². The van der Waals surface area contributed by atoms with Crippen molar-refractivity contribution in [3.05, 3.63) is 95.3 Å². The number of carbonyl (C=O) groups excluding carboxylic acids is 2. The lowest BCUT2D eigenvalue weighted by atomic mass is 10.1. The Hall–Kier alpha value is -4.20. The van der Waals surface area contributed by atoms with Crippen molar-refractivity contribution >= 4 is 29.5 Å². The molecule has 1 aromatic heterocycles. The molecule has 0 saturated carbocycles. The Labute approximate surface area is 164 Å². The lowest BCUT2D eigenvalue weighted by Crippen LogP contribution is -2.30. The molecule has 0 fully saturated rings. The van der Waals surface area contributed by atoms with Gasteiger partial charge in [-0.1, -0.05) is 12.1 Å². The Morgan fingerprint density at radius 1 is 0.966 bits per heavy atom. The van der Waals surface area contributed by atoms with E-state index in [9.17, 15) is 18.8 Å². The molecular weight excluding hydrogens is 379 g/mol. The SMILES string of the molecule is O=C(Nc1ccc(C(=O)O)cc1)/C(=C\c1ccc(F)cc1)NC(=O)c1ccco1. The van der Waals surface area contributed by atoms with Crippen LogP contribution in [0.2, 0.25) is 0 Å². The monoisotopic (exact) mass is 394 g/mol. The number of carboxylic acids is 1. The number of nitrogens with one attached hydrogen (secondary N) is 2. The molecule has 3 rings (SSSR count). The maximum atomic E-state index is 13.1. The molecular formula is C21H15FN2O5. The van der Waals surface area contributed by atoms with Crippen LogP contribution in [0.1, 0.15) is 26.5 Å². The zero-order chi connectivity index (χ0) is 20.8. The molecule has 0 unspecified atom stereocenters. The summed E-state index contributed by atoms with van der Waals surface area (Å²) < 4.78 is 18.2. The van der Waals surface area contributed by atoms with Gasteiger partial charge in [-0.05, 0) is 60.2 Å². The second-order valence-electron chi connectivity index (χ2n) is 5.88. The average molecular weight is 394 g/mol. The third kappa shape index (κ3) is 5.16. The van der Waals surface area contributed by atoms with E-state index in [-0.39, 0.29) is 17.0 Å². The Bertz CT molecular complexity index is 1060. The number of carbonyl (C=O) groups is 3. The van der Waals surface area contributed by atoms with Crippen molar-refractivity contribution in [2.24, 2.45) is 0 Å². The normalized spacial score (nSPS) is 11.0. The van der Waals surface area contributed by atoms with Crippen LogP contribution in [0.4, 0.5) is 10.1 Å². The van der Waals surface area contributed by atoms with Crippen LogP contribution in [0.25, 0.3) is 6.08 Å².